The molecule has 0 aliphatic heterocycles. The van der Waals surface area contributed by atoms with Gasteiger partial charge >= 0.3 is 0 Å². The molecule has 0 aliphatic rings. The molecule has 0 unspecified atom stereocenters. The fourth-order valence-electron chi connectivity index (χ4n) is 3.13. The highest BCUT2D eigenvalue weighted by molar-refractivity contribution is 7.90. The molecule has 4 rings (SSSR count). The SMILES string of the molecule is CS(=O)(=O)c1cc(Cl)cc(C(=O)NCc2ncnn2-c2ccc(C(=O)Nc3ccc(F)cc3)cn2)c1. The van der Waals surface area contributed by atoms with E-state index in [1.165, 1.54) is 65.7 Å². The van der Waals surface area contributed by atoms with Gasteiger partial charge in [-0.05, 0) is 54.6 Å². The molecule has 2 heterocycles. The van der Waals surface area contributed by atoms with Crippen molar-refractivity contribution in [3.8, 4) is 5.82 Å². The van der Waals surface area contributed by atoms with E-state index in [0.29, 0.717) is 17.3 Å². The number of pyridine rings is 1. The Balaban J connectivity index is 1.44. The summed E-state index contributed by atoms with van der Waals surface area (Å²) in [5.41, 5.74) is 0.771. The standard InChI is InChI=1S/C23H18ClFN6O4S/c1-36(34,35)19-9-15(8-16(24)10-19)22(32)27-12-21-28-13-29-31(21)20-7-2-14(11-26-20)23(33)30-18-5-3-17(25)4-6-18/h2-11,13H,12H2,1H3,(H,27,32)(H,30,33). The molecule has 2 aromatic carbocycles. The zero-order valence-corrected chi connectivity index (χ0v) is 20.2. The number of anilines is 1. The molecule has 2 amide bonds. The van der Waals surface area contributed by atoms with Gasteiger partial charge in [-0.1, -0.05) is 11.6 Å². The van der Waals surface area contributed by atoms with E-state index in [1.807, 2.05) is 0 Å². The first kappa shape index (κ1) is 24.9. The predicted octanol–water partition coefficient (Wildman–Crippen LogP) is 3.04. The van der Waals surface area contributed by atoms with Gasteiger partial charge in [-0.25, -0.2) is 22.8 Å². The first-order chi connectivity index (χ1) is 17.1. The van der Waals surface area contributed by atoms with Gasteiger partial charge in [0.25, 0.3) is 11.8 Å². The van der Waals surface area contributed by atoms with Gasteiger partial charge in [0.2, 0.25) is 0 Å². The number of nitrogens with zero attached hydrogens (tertiary/aromatic N) is 4. The maximum atomic E-state index is 13.0. The van der Waals surface area contributed by atoms with Crippen LogP contribution in [0.15, 0.2) is 72.0 Å². The minimum Gasteiger partial charge on any atom is -0.345 e. The van der Waals surface area contributed by atoms with E-state index in [-0.39, 0.29) is 27.6 Å². The second-order valence-electron chi connectivity index (χ2n) is 7.58. The van der Waals surface area contributed by atoms with Crippen molar-refractivity contribution in [3.63, 3.8) is 0 Å². The molecule has 4 aromatic rings. The Morgan fingerprint density at radius 2 is 1.75 bits per heavy atom. The highest BCUT2D eigenvalue weighted by Crippen LogP contribution is 2.19. The van der Waals surface area contributed by atoms with Crippen molar-refractivity contribution in [1.82, 2.24) is 25.1 Å². The molecule has 0 radical (unpaired) electrons. The van der Waals surface area contributed by atoms with E-state index >= 15 is 0 Å². The number of nitrogens with one attached hydrogen (secondary N) is 2. The fourth-order valence-corrected chi connectivity index (χ4v) is 4.11. The minimum atomic E-state index is -3.55. The Kier molecular flexibility index (Phi) is 7.08. The third-order valence-corrected chi connectivity index (χ3v) is 6.23. The third-order valence-electron chi connectivity index (χ3n) is 4.92. The van der Waals surface area contributed by atoms with Crippen LogP contribution in [0.3, 0.4) is 0 Å². The lowest BCUT2D eigenvalue weighted by molar-refractivity contribution is 0.0948. The molecule has 2 N–H and O–H groups in total. The van der Waals surface area contributed by atoms with Crippen molar-refractivity contribution in [2.75, 3.05) is 11.6 Å². The third kappa shape index (κ3) is 5.90. The Morgan fingerprint density at radius 3 is 2.42 bits per heavy atom. The average Bonchev–Trinajstić information content (AvgIpc) is 3.32. The first-order valence-corrected chi connectivity index (χ1v) is 12.6. The molecule has 36 heavy (non-hydrogen) atoms. The Hall–Kier alpha value is -4.16. The molecule has 0 spiro atoms. The van der Waals surface area contributed by atoms with Crippen LogP contribution in [0.25, 0.3) is 5.82 Å². The number of halogens is 2. The van der Waals surface area contributed by atoms with Crippen LogP contribution < -0.4 is 10.6 Å². The summed E-state index contributed by atoms with van der Waals surface area (Å²) in [4.78, 5) is 33.3. The molecule has 10 nitrogen and oxygen atoms in total. The van der Waals surface area contributed by atoms with Crippen LogP contribution in [0.4, 0.5) is 10.1 Å². The smallest absolute Gasteiger partial charge is 0.257 e. The van der Waals surface area contributed by atoms with Crippen LogP contribution in [-0.2, 0) is 16.4 Å². The summed E-state index contributed by atoms with van der Waals surface area (Å²) >= 11 is 5.97. The highest BCUT2D eigenvalue weighted by atomic mass is 35.5. The maximum Gasteiger partial charge on any atom is 0.257 e. The van der Waals surface area contributed by atoms with Gasteiger partial charge in [-0.2, -0.15) is 9.78 Å². The van der Waals surface area contributed by atoms with Gasteiger partial charge in [-0.15, -0.1) is 0 Å². The molecule has 13 heteroatoms. The molecule has 0 saturated heterocycles. The van der Waals surface area contributed by atoms with E-state index in [4.69, 9.17) is 11.6 Å². The molecular weight excluding hydrogens is 511 g/mol. The van der Waals surface area contributed by atoms with Crippen molar-refractivity contribution >= 4 is 38.9 Å². The molecular formula is C23H18ClFN6O4S. The zero-order valence-electron chi connectivity index (χ0n) is 18.6. The summed E-state index contributed by atoms with van der Waals surface area (Å²) in [6.45, 7) is -0.0476. The quantitative estimate of drug-likeness (QED) is 0.376. The van der Waals surface area contributed by atoms with Crippen LogP contribution in [-0.4, -0.2) is 46.2 Å². The Morgan fingerprint density at radius 1 is 1.00 bits per heavy atom. The van der Waals surface area contributed by atoms with E-state index in [1.54, 1.807) is 6.07 Å². The van der Waals surface area contributed by atoms with Crippen LogP contribution >= 0.6 is 11.6 Å². The largest absolute Gasteiger partial charge is 0.345 e. The normalized spacial score (nSPS) is 11.2. The number of aromatic nitrogens is 4. The van der Waals surface area contributed by atoms with Crippen molar-refractivity contribution < 1.29 is 22.4 Å². The van der Waals surface area contributed by atoms with Gasteiger partial charge in [-0.3, -0.25) is 9.59 Å². The lowest BCUT2D eigenvalue weighted by Gasteiger charge is -2.09. The molecule has 0 aliphatic carbocycles. The van der Waals surface area contributed by atoms with Crippen molar-refractivity contribution in [1.29, 1.82) is 0 Å². The fraction of sp³-hybridized carbons (Fsp3) is 0.0870. The lowest BCUT2D eigenvalue weighted by Crippen LogP contribution is -2.25. The van der Waals surface area contributed by atoms with Gasteiger partial charge in [0.05, 0.1) is 17.0 Å². The second-order valence-corrected chi connectivity index (χ2v) is 10.0. The number of carbonyl (C=O) groups excluding carboxylic acids is 2. The van der Waals surface area contributed by atoms with E-state index < -0.39 is 27.5 Å². The average molecular weight is 529 g/mol. The summed E-state index contributed by atoms with van der Waals surface area (Å²) in [5, 5.41) is 9.50. The van der Waals surface area contributed by atoms with Gasteiger partial charge in [0, 0.05) is 28.7 Å². The minimum absolute atomic E-state index is 0.0476. The van der Waals surface area contributed by atoms with Crippen LogP contribution in [0.1, 0.15) is 26.5 Å². The summed E-state index contributed by atoms with van der Waals surface area (Å²) in [6, 6.07) is 12.3. The molecule has 184 valence electrons. The van der Waals surface area contributed by atoms with E-state index in [0.717, 1.165) is 6.26 Å². The van der Waals surface area contributed by atoms with E-state index in [9.17, 15) is 22.4 Å². The number of rotatable bonds is 7. The van der Waals surface area contributed by atoms with Crippen LogP contribution in [0.2, 0.25) is 5.02 Å². The number of amides is 2. The van der Waals surface area contributed by atoms with Gasteiger partial charge in [0.1, 0.15) is 12.1 Å². The monoisotopic (exact) mass is 528 g/mol. The van der Waals surface area contributed by atoms with Crippen molar-refractivity contribution in [2.45, 2.75) is 11.4 Å². The molecule has 0 fully saturated rings. The number of hydrogen-bond donors (Lipinski definition) is 2. The summed E-state index contributed by atoms with van der Waals surface area (Å²) in [5.74, 6) is -0.716. The molecule has 0 saturated carbocycles. The van der Waals surface area contributed by atoms with Crippen LogP contribution in [0, 0.1) is 5.82 Å². The number of hydrogen-bond acceptors (Lipinski definition) is 7. The second kappa shape index (κ2) is 10.2. The maximum absolute atomic E-state index is 13.0. The Labute approximate surface area is 210 Å². The number of carbonyl (C=O) groups is 2. The lowest BCUT2D eigenvalue weighted by atomic mass is 10.2. The van der Waals surface area contributed by atoms with Gasteiger partial charge < -0.3 is 10.6 Å². The topological polar surface area (TPSA) is 136 Å². The highest BCUT2D eigenvalue weighted by Gasteiger charge is 2.16. The predicted molar refractivity (Wildman–Crippen MR) is 129 cm³/mol. The van der Waals surface area contributed by atoms with Gasteiger partial charge in [0.15, 0.2) is 21.5 Å². The molecule has 0 atom stereocenters. The molecule has 2 aromatic heterocycles. The number of benzene rings is 2. The zero-order chi connectivity index (χ0) is 25.9. The summed E-state index contributed by atoms with van der Waals surface area (Å²) in [6.07, 6.45) is 3.64. The summed E-state index contributed by atoms with van der Waals surface area (Å²) < 4.78 is 38.0. The number of sulfone groups is 1. The van der Waals surface area contributed by atoms with E-state index in [2.05, 4.69) is 25.7 Å². The van der Waals surface area contributed by atoms with Crippen molar-refractivity contribution in [3.05, 3.63) is 94.9 Å². The van der Waals surface area contributed by atoms with Crippen LogP contribution in [0.5, 0.6) is 0 Å². The Bertz CT molecular complexity index is 1540. The summed E-state index contributed by atoms with van der Waals surface area (Å²) in [7, 11) is -3.55. The molecule has 0 bridgehead atoms. The van der Waals surface area contributed by atoms with Crippen molar-refractivity contribution in [2.24, 2.45) is 0 Å². The first-order valence-electron chi connectivity index (χ1n) is 10.3.